The predicted octanol–water partition coefficient (Wildman–Crippen LogP) is 5.75. The molecule has 1 aromatic carbocycles. The van der Waals surface area contributed by atoms with E-state index in [2.05, 4.69) is 44.7 Å². The topological polar surface area (TPSA) is 81.0 Å². The lowest BCUT2D eigenvalue weighted by Gasteiger charge is -2.45. The van der Waals surface area contributed by atoms with Gasteiger partial charge in [0.1, 0.15) is 5.60 Å². The van der Waals surface area contributed by atoms with Gasteiger partial charge in [-0.1, -0.05) is 68.5 Å². The Hall–Kier alpha value is -2.21. The lowest BCUT2D eigenvalue weighted by Crippen LogP contribution is -2.41. The zero-order valence-electron chi connectivity index (χ0n) is 24.7. The molecule has 4 fully saturated rings. The Balaban J connectivity index is 1.28. The SMILES string of the molecule is C=C1/C(=C\C=C2/CCC[C@@]3(C)C2CC[C@@H]3[C@H](C)C[C@@H]2C[C@@](C)(O)C(=O)N2CCc2ccccc2)C[C@@H](O)C[C@@H]1O. The number of amides is 1. The van der Waals surface area contributed by atoms with Crippen LogP contribution in [0.3, 0.4) is 0 Å². The third-order valence-corrected chi connectivity index (χ3v) is 10.9. The first kappa shape index (κ1) is 29.3. The van der Waals surface area contributed by atoms with E-state index < -0.39 is 17.8 Å². The van der Waals surface area contributed by atoms with Gasteiger partial charge in [-0.05, 0) is 98.2 Å². The molecule has 5 nitrogen and oxygen atoms in total. The van der Waals surface area contributed by atoms with Crippen LogP contribution >= 0.6 is 0 Å². The monoisotopic (exact) mass is 547 g/mol. The highest BCUT2D eigenvalue weighted by atomic mass is 16.3. The molecule has 218 valence electrons. The number of hydrogen-bond donors (Lipinski definition) is 3. The minimum absolute atomic E-state index is 0.0716. The molecule has 3 aliphatic carbocycles. The van der Waals surface area contributed by atoms with Gasteiger partial charge >= 0.3 is 0 Å². The maximum Gasteiger partial charge on any atom is 0.254 e. The molecule has 1 aliphatic heterocycles. The summed E-state index contributed by atoms with van der Waals surface area (Å²) in [6.45, 7) is 11.3. The second kappa shape index (κ2) is 11.6. The molecule has 8 atom stereocenters. The number of hydrogen-bond acceptors (Lipinski definition) is 4. The maximum atomic E-state index is 13.2. The van der Waals surface area contributed by atoms with E-state index in [0.29, 0.717) is 43.6 Å². The van der Waals surface area contributed by atoms with Crippen LogP contribution in [0.25, 0.3) is 0 Å². The van der Waals surface area contributed by atoms with Crippen LogP contribution in [0.1, 0.15) is 84.1 Å². The highest BCUT2D eigenvalue weighted by molar-refractivity contribution is 5.87. The second-order valence-electron chi connectivity index (χ2n) is 13.7. The lowest BCUT2D eigenvalue weighted by atomic mass is 9.60. The van der Waals surface area contributed by atoms with Gasteiger partial charge < -0.3 is 20.2 Å². The van der Waals surface area contributed by atoms with Crippen molar-refractivity contribution >= 4 is 5.91 Å². The fourth-order valence-electron chi connectivity index (χ4n) is 8.79. The molecule has 0 radical (unpaired) electrons. The van der Waals surface area contributed by atoms with Crippen molar-refractivity contribution in [1.29, 1.82) is 0 Å². The summed E-state index contributed by atoms with van der Waals surface area (Å²) in [4.78, 5) is 15.2. The molecule has 1 unspecified atom stereocenters. The van der Waals surface area contributed by atoms with Crippen LogP contribution < -0.4 is 0 Å². The van der Waals surface area contributed by atoms with Gasteiger partial charge in [-0.3, -0.25) is 4.79 Å². The predicted molar refractivity (Wildman–Crippen MR) is 159 cm³/mol. The molecule has 1 heterocycles. The molecule has 4 aliphatic rings. The van der Waals surface area contributed by atoms with Crippen molar-refractivity contribution < 1.29 is 20.1 Å². The Morgan fingerprint density at radius 3 is 2.65 bits per heavy atom. The average molecular weight is 548 g/mol. The first-order valence-corrected chi connectivity index (χ1v) is 15.5. The first-order valence-electron chi connectivity index (χ1n) is 15.5. The third kappa shape index (κ3) is 5.75. The summed E-state index contributed by atoms with van der Waals surface area (Å²) in [7, 11) is 0. The molecule has 1 amide bonds. The van der Waals surface area contributed by atoms with Crippen LogP contribution in [0.15, 0.2) is 65.8 Å². The fraction of sp³-hybridized carbons (Fsp3) is 0.629. The minimum Gasteiger partial charge on any atom is -0.393 e. The number of aliphatic hydroxyl groups excluding tert-OH is 2. The van der Waals surface area contributed by atoms with Crippen molar-refractivity contribution in [2.75, 3.05) is 6.54 Å². The van der Waals surface area contributed by atoms with Crippen molar-refractivity contribution in [2.45, 2.75) is 109 Å². The molecule has 5 rings (SSSR count). The molecular formula is C35H49NO4. The summed E-state index contributed by atoms with van der Waals surface area (Å²) in [6, 6.07) is 10.4. The van der Waals surface area contributed by atoms with Crippen LogP contribution in [0.4, 0.5) is 0 Å². The number of likely N-dealkylation sites (tertiary alicyclic amines) is 1. The summed E-state index contributed by atoms with van der Waals surface area (Å²) in [5, 5.41) is 31.4. The van der Waals surface area contributed by atoms with E-state index in [0.717, 1.165) is 30.4 Å². The van der Waals surface area contributed by atoms with E-state index in [-0.39, 0.29) is 17.4 Å². The van der Waals surface area contributed by atoms with Crippen molar-refractivity contribution in [1.82, 2.24) is 4.90 Å². The maximum absolute atomic E-state index is 13.2. The first-order chi connectivity index (χ1) is 19.0. The van der Waals surface area contributed by atoms with Gasteiger partial charge in [0.25, 0.3) is 5.91 Å². The molecule has 5 heteroatoms. The highest BCUT2D eigenvalue weighted by Crippen LogP contribution is 2.60. The minimum atomic E-state index is -1.28. The zero-order chi connectivity index (χ0) is 28.7. The largest absolute Gasteiger partial charge is 0.393 e. The third-order valence-electron chi connectivity index (χ3n) is 10.9. The number of allylic oxidation sites excluding steroid dienone is 3. The summed E-state index contributed by atoms with van der Waals surface area (Å²) in [5.74, 6) is 1.46. The Bertz CT molecular complexity index is 1150. The van der Waals surface area contributed by atoms with Crippen LogP contribution in [0, 0.1) is 23.2 Å². The van der Waals surface area contributed by atoms with Gasteiger partial charge in [0, 0.05) is 25.4 Å². The normalized spacial score (nSPS) is 39.2. The van der Waals surface area contributed by atoms with Crippen molar-refractivity contribution in [3.05, 3.63) is 71.3 Å². The summed E-state index contributed by atoms with van der Waals surface area (Å²) >= 11 is 0. The van der Waals surface area contributed by atoms with E-state index in [1.807, 2.05) is 23.1 Å². The summed E-state index contributed by atoms with van der Waals surface area (Å²) in [6.07, 6.45) is 12.3. The Labute approximate surface area is 240 Å². The van der Waals surface area contributed by atoms with E-state index in [1.54, 1.807) is 6.92 Å². The summed E-state index contributed by atoms with van der Waals surface area (Å²) < 4.78 is 0. The number of carbonyl (C=O) groups is 1. The lowest BCUT2D eigenvalue weighted by molar-refractivity contribution is -0.142. The Morgan fingerprint density at radius 1 is 1.15 bits per heavy atom. The molecular weight excluding hydrogens is 498 g/mol. The van der Waals surface area contributed by atoms with Crippen molar-refractivity contribution in [3.63, 3.8) is 0 Å². The molecule has 1 aromatic rings. The van der Waals surface area contributed by atoms with Crippen LogP contribution in [-0.4, -0.2) is 56.5 Å². The van der Waals surface area contributed by atoms with Crippen LogP contribution in [0.5, 0.6) is 0 Å². The smallest absolute Gasteiger partial charge is 0.254 e. The number of benzene rings is 1. The van der Waals surface area contributed by atoms with Gasteiger partial charge in [-0.25, -0.2) is 0 Å². The fourth-order valence-corrected chi connectivity index (χ4v) is 8.79. The number of carbonyl (C=O) groups excluding carboxylic acids is 1. The number of fused-ring (bicyclic) bond motifs is 1. The standard InChI is InChI=1S/C35H49NO4/c1-23(19-28-22-35(4,40)33(39)36(28)18-16-25-9-6-5-7-10-25)30-14-15-31-26(11-8-17-34(30,31)3)12-13-27-20-29(37)21-32(38)24(27)2/h5-7,9-10,12-13,23,28-32,37-38,40H,2,8,11,14-22H2,1,3-4H3/b26-12+,27-13-/t23-,28-,29-,30-,31?,32+,34-,35-/m1/s1. The summed E-state index contributed by atoms with van der Waals surface area (Å²) in [5.41, 5.74) is 3.39. The molecule has 3 N–H and O–H groups in total. The molecule has 0 spiro atoms. The van der Waals surface area contributed by atoms with Crippen LogP contribution in [0.2, 0.25) is 0 Å². The number of nitrogens with zero attached hydrogens (tertiary/aromatic N) is 1. The molecule has 3 saturated carbocycles. The van der Waals surface area contributed by atoms with Crippen molar-refractivity contribution in [2.24, 2.45) is 23.2 Å². The average Bonchev–Trinajstić information content (AvgIpc) is 3.37. The van der Waals surface area contributed by atoms with Gasteiger partial charge in [0.05, 0.1) is 12.2 Å². The van der Waals surface area contributed by atoms with E-state index in [4.69, 9.17) is 0 Å². The second-order valence-corrected chi connectivity index (χ2v) is 13.7. The molecule has 0 bridgehead atoms. The van der Waals surface area contributed by atoms with Crippen molar-refractivity contribution in [3.8, 4) is 0 Å². The van der Waals surface area contributed by atoms with Gasteiger partial charge in [0.2, 0.25) is 0 Å². The molecule has 1 saturated heterocycles. The Kier molecular flexibility index (Phi) is 8.48. The van der Waals surface area contributed by atoms with E-state index in [9.17, 15) is 20.1 Å². The zero-order valence-corrected chi connectivity index (χ0v) is 24.7. The van der Waals surface area contributed by atoms with E-state index in [1.165, 1.54) is 36.8 Å². The van der Waals surface area contributed by atoms with Gasteiger partial charge in [0.15, 0.2) is 0 Å². The quantitative estimate of drug-likeness (QED) is 0.406. The Morgan fingerprint density at radius 2 is 1.90 bits per heavy atom. The van der Waals surface area contributed by atoms with Crippen LogP contribution in [-0.2, 0) is 11.2 Å². The molecule has 0 aromatic heterocycles. The van der Waals surface area contributed by atoms with E-state index >= 15 is 0 Å². The van der Waals surface area contributed by atoms with Gasteiger partial charge in [-0.2, -0.15) is 0 Å². The number of aliphatic hydroxyl groups is 3. The highest BCUT2D eigenvalue weighted by Gasteiger charge is 2.53. The molecule has 40 heavy (non-hydrogen) atoms. The van der Waals surface area contributed by atoms with Gasteiger partial charge in [-0.15, -0.1) is 0 Å². The number of rotatable bonds is 7.